The molecule has 0 aliphatic carbocycles. The van der Waals surface area contributed by atoms with Gasteiger partial charge in [-0.15, -0.1) is 0 Å². The molecule has 0 unspecified atom stereocenters. The average molecular weight is 418 g/mol. The molecule has 1 amide bonds. The molecule has 5 rings (SSSR count). The predicted molar refractivity (Wildman–Crippen MR) is 124 cm³/mol. The number of amides is 1. The van der Waals surface area contributed by atoms with Gasteiger partial charge in [-0.05, 0) is 37.4 Å². The van der Waals surface area contributed by atoms with Gasteiger partial charge in [0.25, 0.3) is 5.91 Å². The van der Waals surface area contributed by atoms with E-state index < -0.39 is 0 Å². The van der Waals surface area contributed by atoms with E-state index in [0.29, 0.717) is 22.7 Å². The van der Waals surface area contributed by atoms with E-state index in [9.17, 15) is 4.79 Å². The lowest BCUT2D eigenvalue weighted by Gasteiger charge is -2.60. The Labute approximate surface area is 181 Å². The Morgan fingerprint density at radius 2 is 1.90 bits per heavy atom. The lowest BCUT2D eigenvalue weighted by molar-refractivity contribution is -0.00238. The van der Waals surface area contributed by atoms with Gasteiger partial charge in [0.2, 0.25) is 5.95 Å². The van der Waals surface area contributed by atoms with E-state index >= 15 is 0 Å². The molecule has 2 fully saturated rings. The summed E-state index contributed by atoms with van der Waals surface area (Å²) < 4.78 is 1.70. The maximum absolute atomic E-state index is 12.5. The first-order chi connectivity index (χ1) is 14.9. The summed E-state index contributed by atoms with van der Waals surface area (Å²) in [5.74, 6) is 0.370. The van der Waals surface area contributed by atoms with Gasteiger partial charge in [0.15, 0.2) is 0 Å². The molecular weight excluding hydrogens is 390 g/mol. The van der Waals surface area contributed by atoms with Crippen LogP contribution in [0.5, 0.6) is 0 Å². The van der Waals surface area contributed by atoms with E-state index in [2.05, 4.69) is 50.8 Å². The molecule has 0 radical (unpaired) electrons. The molecule has 31 heavy (non-hydrogen) atoms. The van der Waals surface area contributed by atoms with Gasteiger partial charge in [-0.1, -0.05) is 6.58 Å². The Balaban J connectivity index is 1.32. The van der Waals surface area contributed by atoms with E-state index in [4.69, 9.17) is 0 Å². The topological polar surface area (TPSA) is 69.5 Å². The number of carbonyl (C=O) groups excluding carboxylic acids is 1. The van der Waals surface area contributed by atoms with Crippen molar-refractivity contribution in [3.8, 4) is 0 Å². The van der Waals surface area contributed by atoms with Gasteiger partial charge in [-0.25, -0.2) is 4.98 Å². The van der Waals surface area contributed by atoms with Crippen molar-refractivity contribution < 1.29 is 4.79 Å². The fourth-order valence-electron chi connectivity index (χ4n) is 4.78. The number of rotatable bonds is 5. The number of likely N-dealkylation sites (tertiary alicyclic amines) is 1. The van der Waals surface area contributed by atoms with Crippen LogP contribution in [0.2, 0.25) is 0 Å². The van der Waals surface area contributed by atoms with Crippen LogP contribution in [0, 0.1) is 5.41 Å². The zero-order valence-corrected chi connectivity index (χ0v) is 18.2. The first kappa shape index (κ1) is 19.6. The van der Waals surface area contributed by atoms with Crippen LogP contribution in [0.4, 0.5) is 17.3 Å². The number of benzene rings is 1. The van der Waals surface area contributed by atoms with Crippen LogP contribution in [0.15, 0.2) is 43.1 Å². The minimum atomic E-state index is -0.107. The van der Waals surface area contributed by atoms with Crippen LogP contribution < -0.4 is 10.2 Å². The summed E-state index contributed by atoms with van der Waals surface area (Å²) >= 11 is 0. The second-order valence-corrected chi connectivity index (χ2v) is 8.95. The van der Waals surface area contributed by atoms with E-state index in [-0.39, 0.29) is 5.91 Å². The summed E-state index contributed by atoms with van der Waals surface area (Å²) in [4.78, 5) is 27.8. The maximum Gasteiger partial charge on any atom is 0.270 e. The van der Waals surface area contributed by atoms with Crippen molar-refractivity contribution in [3.05, 3.63) is 48.8 Å². The maximum atomic E-state index is 12.5. The third-order valence-corrected chi connectivity index (χ3v) is 6.14. The predicted octanol–water partition coefficient (Wildman–Crippen LogP) is 2.73. The zero-order valence-electron chi connectivity index (χ0n) is 18.2. The summed E-state index contributed by atoms with van der Waals surface area (Å²) in [5, 5.41) is 4.06. The van der Waals surface area contributed by atoms with Crippen LogP contribution in [0.25, 0.3) is 17.2 Å². The molecule has 4 heterocycles. The van der Waals surface area contributed by atoms with Gasteiger partial charge in [-0.2, -0.15) is 4.98 Å². The molecule has 0 bridgehead atoms. The van der Waals surface area contributed by atoms with Crippen molar-refractivity contribution in [2.45, 2.75) is 0 Å². The molecule has 2 aliphatic rings. The highest BCUT2D eigenvalue weighted by molar-refractivity contribution is 5.98. The molecule has 3 aromatic rings. The van der Waals surface area contributed by atoms with E-state index in [1.54, 1.807) is 37.1 Å². The molecule has 0 atom stereocenters. The van der Waals surface area contributed by atoms with E-state index in [1.165, 1.54) is 23.7 Å². The number of nitrogens with one attached hydrogen (secondary N) is 1. The number of hydrogen-bond donors (Lipinski definition) is 1. The molecule has 2 aromatic heterocycles. The molecule has 8 heteroatoms. The van der Waals surface area contributed by atoms with Crippen molar-refractivity contribution in [3.63, 3.8) is 0 Å². The number of carbonyl (C=O) groups is 1. The number of fused-ring (bicyclic) bond motifs is 1. The van der Waals surface area contributed by atoms with Crippen LogP contribution in [-0.2, 0) is 0 Å². The average Bonchev–Trinajstić information content (AvgIpc) is 3.07. The van der Waals surface area contributed by atoms with Crippen molar-refractivity contribution >= 4 is 40.5 Å². The van der Waals surface area contributed by atoms with E-state index in [1.807, 2.05) is 12.1 Å². The monoisotopic (exact) mass is 417 g/mol. The summed E-state index contributed by atoms with van der Waals surface area (Å²) in [7, 11) is 5.63. The molecule has 160 valence electrons. The minimum Gasteiger partial charge on any atom is -0.370 e. The highest BCUT2D eigenvalue weighted by Crippen LogP contribution is 2.41. The van der Waals surface area contributed by atoms with Crippen molar-refractivity contribution in [2.75, 3.05) is 57.5 Å². The van der Waals surface area contributed by atoms with Gasteiger partial charge in [0.05, 0.1) is 0 Å². The number of anilines is 3. The minimum absolute atomic E-state index is 0.107. The Morgan fingerprint density at radius 3 is 2.52 bits per heavy atom. The SMILES string of the molecule is C=Cn1c(C(=O)N(C)C)cc2cnc(Nc3ccc(N4CC5(CN(C)C5)C4)cc3)nc21. The van der Waals surface area contributed by atoms with Gasteiger partial charge >= 0.3 is 0 Å². The van der Waals surface area contributed by atoms with Crippen LogP contribution >= 0.6 is 0 Å². The van der Waals surface area contributed by atoms with Crippen LogP contribution in [-0.4, -0.2) is 77.6 Å². The van der Waals surface area contributed by atoms with Gasteiger partial charge in [0.1, 0.15) is 11.3 Å². The highest BCUT2D eigenvalue weighted by atomic mass is 16.2. The first-order valence-electron chi connectivity index (χ1n) is 10.4. The van der Waals surface area contributed by atoms with Crippen LogP contribution in [0.1, 0.15) is 10.5 Å². The van der Waals surface area contributed by atoms with Gasteiger partial charge in [-0.3, -0.25) is 9.36 Å². The Kier molecular flexibility index (Phi) is 4.48. The quantitative estimate of drug-likeness (QED) is 0.689. The van der Waals surface area contributed by atoms with Crippen LogP contribution in [0.3, 0.4) is 0 Å². The summed E-state index contributed by atoms with van der Waals surface area (Å²) in [5.41, 5.74) is 3.83. The van der Waals surface area contributed by atoms with E-state index in [0.717, 1.165) is 24.2 Å². The van der Waals surface area contributed by atoms with Gasteiger partial charge < -0.3 is 20.0 Å². The number of aromatic nitrogens is 3. The molecule has 8 nitrogen and oxygen atoms in total. The molecular formula is C23H27N7O. The fraction of sp³-hybridized carbons (Fsp3) is 0.348. The Hall–Kier alpha value is -3.39. The zero-order chi connectivity index (χ0) is 21.8. The number of nitrogens with zero attached hydrogens (tertiary/aromatic N) is 6. The Bertz CT molecular complexity index is 1150. The second-order valence-electron chi connectivity index (χ2n) is 8.95. The lowest BCUT2D eigenvalue weighted by atomic mass is 9.73. The molecule has 1 spiro atoms. The second kappa shape index (κ2) is 7.09. The smallest absolute Gasteiger partial charge is 0.270 e. The summed E-state index contributed by atoms with van der Waals surface area (Å²) in [6.45, 7) is 8.52. The summed E-state index contributed by atoms with van der Waals surface area (Å²) in [6, 6.07) is 10.2. The van der Waals surface area contributed by atoms with Crippen molar-refractivity contribution in [1.82, 2.24) is 24.3 Å². The third-order valence-electron chi connectivity index (χ3n) is 6.14. The molecule has 1 N–H and O–H groups in total. The largest absolute Gasteiger partial charge is 0.370 e. The standard InChI is InChI=1S/C23H27N7O/c1-5-30-19(21(31)27(2)3)10-16-11-24-22(26-20(16)30)25-17-6-8-18(9-7-17)29-14-23(15-29)12-28(4)13-23/h5-11H,1,12-15H2,2-4H3,(H,24,25,26). The third kappa shape index (κ3) is 3.33. The molecule has 1 aromatic carbocycles. The van der Waals surface area contributed by atoms with Crippen molar-refractivity contribution in [1.29, 1.82) is 0 Å². The Morgan fingerprint density at radius 1 is 1.19 bits per heavy atom. The number of hydrogen-bond acceptors (Lipinski definition) is 6. The first-order valence-corrected chi connectivity index (χ1v) is 10.4. The molecule has 0 saturated carbocycles. The molecule has 2 aliphatic heterocycles. The van der Waals surface area contributed by atoms with Gasteiger partial charge in [0, 0.05) is 74.8 Å². The summed E-state index contributed by atoms with van der Waals surface area (Å²) in [6.07, 6.45) is 3.32. The lowest BCUT2D eigenvalue weighted by Crippen LogP contribution is -2.71. The highest BCUT2D eigenvalue weighted by Gasteiger charge is 2.50. The molecule has 2 saturated heterocycles. The van der Waals surface area contributed by atoms with Crippen molar-refractivity contribution in [2.24, 2.45) is 5.41 Å². The normalized spacial score (nSPS) is 17.3. The fourth-order valence-corrected chi connectivity index (χ4v) is 4.78.